The molecular formula is C42H33N11O22S6. The monoisotopic (exact) mass is 1240 g/mol. The van der Waals surface area contributed by atoms with Crippen LogP contribution in [0.4, 0.5) is 51.2 Å². The van der Waals surface area contributed by atoms with Gasteiger partial charge in [0.2, 0.25) is 10.9 Å². The lowest BCUT2D eigenvalue weighted by Gasteiger charge is -2.14. The minimum Gasteiger partial charge on any atom is -0.505 e. The fourth-order valence-electron chi connectivity index (χ4n) is 6.70. The lowest BCUT2D eigenvalue weighted by molar-refractivity contribution is -0.434. The van der Waals surface area contributed by atoms with E-state index >= 15 is 0 Å². The van der Waals surface area contributed by atoms with Crippen molar-refractivity contribution >= 4 is 126 Å². The number of nitro benzene ring substituents is 1. The molecule has 0 heterocycles. The van der Waals surface area contributed by atoms with Crippen LogP contribution in [0.1, 0.15) is 0 Å². The lowest BCUT2D eigenvalue weighted by Crippen LogP contribution is -2.47. The molecule has 7 rings (SSSR count). The van der Waals surface area contributed by atoms with E-state index in [0.29, 0.717) is 11.8 Å². The molecule has 0 amide bonds. The maximum Gasteiger partial charge on any atom is 0.296 e. The summed E-state index contributed by atoms with van der Waals surface area (Å²) in [6.07, 6.45) is 0. The van der Waals surface area contributed by atoms with E-state index in [9.17, 15) is 67.6 Å². The van der Waals surface area contributed by atoms with E-state index in [1.807, 2.05) is 0 Å². The number of benzene rings is 7. The van der Waals surface area contributed by atoms with Crippen LogP contribution in [0.25, 0.3) is 10.8 Å². The molecule has 424 valence electrons. The highest BCUT2D eigenvalue weighted by molar-refractivity contribution is 7.94. The second-order valence-electron chi connectivity index (χ2n) is 15.6. The number of nitrogens with zero attached hydrogens (tertiary/aromatic N) is 7. The van der Waals surface area contributed by atoms with Crippen LogP contribution < -0.4 is 42.9 Å². The number of hydrogen-bond donors (Lipinski definition) is 9. The number of hydrogen-bond acceptors (Lipinski definition) is 31. The van der Waals surface area contributed by atoms with Crippen molar-refractivity contribution in [2.45, 2.75) is 24.5 Å². The van der Waals surface area contributed by atoms with Crippen LogP contribution in [0.3, 0.4) is 0 Å². The molecule has 0 fully saturated rings. The summed E-state index contributed by atoms with van der Waals surface area (Å²) in [6.45, 7) is -0.561. The Morgan fingerprint density at radius 1 is 0.667 bits per heavy atom. The molecule has 0 saturated carbocycles. The Labute approximate surface area is 461 Å². The maximum atomic E-state index is 13.4. The number of sulfonamides is 1. The molecule has 10 N–H and O–H groups in total. The lowest BCUT2D eigenvalue weighted by atomic mass is 10.1. The van der Waals surface area contributed by atoms with Crippen molar-refractivity contribution in [1.82, 2.24) is 0 Å². The molecule has 0 spiro atoms. The number of non-ortho nitro benzene ring substituents is 1. The first-order chi connectivity index (χ1) is 38.3. The van der Waals surface area contributed by atoms with Gasteiger partial charge in [-0.3, -0.25) is 48.6 Å². The van der Waals surface area contributed by atoms with Gasteiger partial charge in [-0.25, -0.2) is 27.4 Å². The summed E-state index contributed by atoms with van der Waals surface area (Å²) >= 11 is 0.233. The van der Waals surface area contributed by atoms with Gasteiger partial charge in [0.25, 0.3) is 35.9 Å². The van der Waals surface area contributed by atoms with E-state index in [1.165, 1.54) is 48.5 Å². The maximum absolute atomic E-state index is 13.4. The molecule has 0 aliphatic rings. The molecule has 7 aromatic carbocycles. The largest absolute Gasteiger partial charge is 0.505 e. The number of aromatic hydroxyl groups is 1. The number of nitro groups is 1. The van der Waals surface area contributed by atoms with Crippen LogP contribution in [-0.2, 0) is 63.0 Å². The molecule has 39 heteroatoms. The van der Waals surface area contributed by atoms with Gasteiger partial charge >= 0.3 is 0 Å². The Hall–Kier alpha value is -8.26. The number of phenols is 1. The highest BCUT2D eigenvalue weighted by Crippen LogP contribution is 2.49. The molecule has 0 aliphatic carbocycles. The van der Waals surface area contributed by atoms with Gasteiger partial charge in [0.05, 0.1) is 72.1 Å². The van der Waals surface area contributed by atoms with Crippen molar-refractivity contribution in [2.24, 2.45) is 30.7 Å². The van der Waals surface area contributed by atoms with Crippen LogP contribution in [0, 0.1) is 10.1 Å². The predicted octanol–water partition coefficient (Wildman–Crippen LogP) is 5.82. The zero-order chi connectivity index (χ0) is 58.9. The summed E-state index contributed by atoms with van der Waals surface area (Å²) < 4.78 is 139. The summed E-state index contributed by atoms with van der Waals surface area (Å²) in [4.78, 5) is 32.4. The molecular weight excluding hydrogens is 1200 g/mol. The Balaban J connectivity index is 1.12. The van der Waals surface area contributed by atoms with Gasteiger partial charge in [-0.05, 0) is 109 Å². The first-order valence-electron chi connectivity index (χ1n) is 21.4. The first-order valence-corrected chi connectivity index (χ1v) is 28.8. The highest BCUT2D eigenvalue weighted by Gasteiger charge is 2.27. The number of nitrogen functional groups attached to an aromatic ring is 1. The van der Waals surface area contributed by atoms with Crippen LogP contribution >= 0.6 is 24.4 Å². The van der Waals surface area contributed by atoms with Crippen LogP contribution in [-0.4, -0.2) is 75.7 Å². The molecule has 0 atom stereocenters. The van der Waals surface area contributed by atoms with E-state index in [-0.39, 0.29) is 67.7 Å². The van der Waals surface area contributed by atoms with Gasteiger partial charge in [0, 0.05) is 17.8 Å². The number of azo groups is 2. The van der Waals surface area contributed by atoms with Gasteiger partial charge in [-0.15, -0.1) is 24.0 Å². The van der Waals surface area contributed by atoms with E-state index in [4.69, 9.17) is 20.4 Å². The Morgan fingerprint density at radius 3 is 1.90 bits per heavy atom. The number of nitrogens with two attached hydrogens (primary N) is 1. The Kier molecular flexibility index (Phi) is 19.0. The third kappa shape index (κ3) is 15.0. The van der Waals surface area contributed by atoms with Crippen molar-refractivity contribution in [3.05, 3.63) is 157 Å². The first kappa shape index (κ1) is 60.4. The second-order valence-corrected chi connectivity index (χ2v) is 23.4. The fraction of sp³-hybridized carbons (Fsp3) is 0.0476. The fourth-order valence-corrected chi connectivity index (χ4v) is 11.1. The van der Waals surface area contributed by atoms with Gasteiger partial charge in [0.15, 0.2) is 33.3 Å². The summed E-state index contributed by atoms with van der Waals surface area (Å²) in [6, 6.07) is 21.2. The molecule has 81 heavy (non-hydrogen) atoms. The summed E-state index contributed by atoms with van der Waals surface area (Å²) in [5, 5.41) is 68.1. The second kappa shape index (κ2) is 25.5. The van der Waals surface area contributed by atoms with Crippen LogP contribution in [0.5, 0.6) is 5.75 Å². The molecule has 0 aromatic heterocycles. The van der Waals surface area contributed by atoms with E-state index in [0.717, 1.165) is 60.7 Å². The zero-order valence-electron chi connectivity index (χ0n) is 39.7. The average Bonchev–Trinajstić information content (AvgIpc) is 3.59. The smallest absolute Gasteiger partial charge is 0.296 e. The Morgan fingerprint density at radius 2 is 1.27 bits per heavy atom. The number of fused-ring (bicyclic) bond motifs is 1. The molecule has 0 unspecified atom stereocenters. The quantitative estimate of drug-likeness (QED) is 0.00503. The Bertz CT molecular complexity index is 4350. The number of rotatable bonds is 24. The summed E-state index contributed by atoms with van der Waals surface area (Å²) in [7, 11) is -19.2. The minimum absolute atomic E-state index is 0.0390. The van der Waals surface area contributed by atoms with Gasteiger partial charge in [-0.1, -0.05) is 10.1 Å². The van der Waals surface area contributed by atoms with E-state index < -0.39 is 122 Å². The van der Waals surface area contributed by atoms with Crippen molar-refractivity contribution in [3.8, 4) is 5.75 Å². The SMILES string of the molecule is Nc1c(N=Nc2ccc(S(=O)(=O)CCOSOOO)cc2S(=O)(=O)O)c(SOOO)cc2cc(S(=O)(=O)O)c(N=Nc3ccc(S(=O)(=O)Nc4ccc(N/N=c5/c(=O)cc/c(=N\Nc6ccc([N+](=O)[O-])cc6)c5=O)cc4)cc3)c(O)c12. The van der Waals surface area contributed by atoms with Gasteiger partial charge < -0.3 is 10.8 Å². The van der Waals surface area contributed by atoms with E-state index in [1.54, 1.807) is 0 Å². The minimum atomic E-state index is -5.28. The molecule has 0 radical (unpaired) electrons. The summed E-state index contributed by atoms with van der Waals surface area (Å²) in [5.74, 6) is -1.84. The third-order valence-corrected chi connectivity index (χ3v) is 16.2. The highest BCUT2D eigenvalue weighted by atomic mass is 32.2. The topological polar surface area (TPSA) is 497 Å². The van der Waals surface area contributed by atoms with Crippen LogP contribution in [0.15, 0.2) is 180 Å². The molecule has 0 saturated heterocycles. The molecule has 0 bridgehead atoms. The van der Waals surface area contributed by atoms with E-state index in [2.05, 4.69) is 65.0 Å². The average molecular weight is 1240 g/mol. The zero-order valence-corrected chi connectivity index (χ0v) is 44.6. The standard InChI is InChI=1S/C42H33N11O22S6/c43-37-36-22(19-33(76-74-72-59)39(37)50-47-30-14-13-29(21-34(30)80(65,66)67)78(61,62)18-17-71-77-75-73-60)20-35(81(68,69)70)40(42(36)56)51-46-25-7-11-28(12-8-25)79(63,64)52-26-3-1-23(2-4-26)45-49-38-32(54)16-15-31(41(38)55)48-44-24-5-9-27(10-6-24)53(57)58/h1-16,19-21,44-45,52,56,59-60H,17-18,43H2,(H,65,66,67)(H,68,69,70)/b48-31+,49-38-,50-47?,51-46?. The van der Waals surface area contributed by atoms with Crippen molar-refractivity contribution in [3.63, 3.8) is 0 Å². The van der Waals surface area contributed by atoms with Gasteiger partial charge in [0.1, 0.15) is 32.2 Å². The predicted molar refractivity (Wildman–Crippen MR) is 282 cm³/mol. The van der Waals surface area contributed by atoms with Crippen molar-refractivity contribution in [1.29, 1.82) is 0 Å². The normalized spacial score (nSPS) is 12.9. The number of nitrogens with one attached hydrogen (secondary N) is 3. The molecule has 0 aliphatic heterocycles. The number of anilines is 4. The molecule has 33 nitrogen and oxygen atoms in total. The van der Waals surface area contributed by atoms with Crippen molar-refractivity contribution in [2.75, 3.05) is 33.7 Å². The van der Waals surface area contributed by atoms with Crippen LogP contribution in [0.2, 0.25) is 0 Å². The van der Waals surface area contributed by atoms with Gasteiger partial charge in [-0.2, -0.15) is 32.2 Å². The molecule has 7 aromatic rings. The van der Waals surface area contributed by atoms with Crippen molar-refractivity contribution < 1.29 is 86.2 Å². The summed E-state index contributed by atoms with van der Waals surface area (Å²) in [5.41, 5.74) is 7.41. The number of phenolic OH excluding ortho intramolecular Hbond substituents is 1. The number of sulfone groups is 1. The third-order valence-electron chi connectivity index (χ3n) is 10.4.